The first-order valence-corrected chi connectivity index (χ1v) is 18.2. The van der Waals surface area contributed by atoms with Gasteiger partial charge in [-0.1, -0.05) is 77.0 Å². The van der Waals surface area contributed by atoms with Crippen LogP contribution in [0.15, 0.2) is 0 Å². The molecular weight excluding hydrogens is 606 g/mol. The normalized spacial score (nSPS) is 11.1. The molecular formula is C35H67N3O9. The van der Waals surface area contributed by atoms with Crippen molar-refractivity contribution in [3.05, 3.63) is 0 Å². The fourth-order valence-corrected chi connectivity index (χ4v) is 4.78. The molecule has 0 saturated carbocycles. The Morgan fingerprint density at radius 3 is 1.45 bits per heavy atom. The molecule has 0 radical (unpaired) electrons. The lowest BCUT2D eigenvalue weighted by atomic mass is 10.0. The van der Waals surface area contributed by atoms with E-state index in [9.17, 15) is 19.2 Å². The van der Waals surface area contributed by atoms with Crippen LogP contribution in [0.5, 0.6) is 0 Å². The van der Waals surface area contributed by atoms with E-state index >= 15 is 0 Å². The largest absolute Gasteiger partial charge is 0.481 e. The lowest BCUT2D eigenvalue weighted by Crippen LogP contribution is -2.31. The van der Waals surface area contributed by atoms with Crippen molar-refractivity contribution in [2.45, 2.75) is 122 Å². The highest BCUT2D eigenvalue weighted by Gasteiger charge is 2.03. The summed E-state index contributed by atoms with van der Waals surface area (Å²) in [5.74, 6) is -0.758. The van der Waals surface area contributed by atoms with Gasteiger partial charge < -0.3 is 40.0 Å². The molecule has 47 heavy (non-hydrogen) atoms. The van der Waals surface area contributed by atoms with Gasteiger partial charge in [0.2, 0.25) is 11.8 Å². The minimum absolute atomic E-state index is 0.0240. The Hall–Kier alpha value is -2.12. The third-order valence-corrected chi connectivity index (χ3v) is 7.42. The number of hydrogen-bond donors (Lipinski definition) is 4. The molecule has 12 heteroatoms. The SMILES string of the molecule is CC(=O)COCCOCCNC(=O)COCCOCCNCCCCNC(=O)CCCCCCCCCCCCCCCCC(=O)O. The molecule has 12 nitrogen and oxygen atoms in total. The van der Waals surface area contributed by atoms with Crippen LogP contribution in [0.3, 0.4) is 0 Å². The molecule has 0 aliphatic heterocycles. The van der Waals surface area contributed by atoms with Crippen molar-refractivity contribution in [3.8, 4) is 0 Å². The van der Waals surface area contributed by atoms with Crippen LogP contribution in [-0.2, 0) is 38.1 Å². The number of carboxylic acid groups (broad SMARTS) is 1. The summed E-state index contributed by atoms with van der Waals surface area (Å²) in [7, 11) is 0. The van der Waals surface area contributed by atoms with Crippen molar-refractivity contribution < 1.29 is 43.2 Å². The maximum atomic E-state index is 12.0. The summed E-state index contributed by atoms with van der Waals surface area (Å²) < 4.78 is 21.2. The standard InChI is InChI=1S/C35H67N3O9/c1-32(39)30-46-28-26-45-25-23-38-34(41)31-47-29-27-44-24-22-36-20-16-17-21-37-33(40)18-14-12-10-8-6-4-2-3-5-7-9-11-13-15-19-35(42)43/h36H,2-31H2,1H3,(H,37,40)(H,38,41)(H,42,43). The van der Waals surface area contributed by atoms with E-state index in [0.717, 1.165) is 64.6 Å². The number of carbonyl (C=O) groups is 4. The molecule has 0 unspecified atom stereocenters. The summed E-state index contributed by atoms with van der Waals surface area (Å²) in [6.45, 7) is 6.68. The summed E-state index contributed by atoms with van der Waals surface area (Å²) >= 11 is 0. The van der Waals surface area contributed by atoms with Crippen molar-refractivity contribution in [2.75, 3.05) is 79.0 Å². The molecule has 0 aromatic carbocycles. The van der Waals surface area contributed by atoms with E-state index < -0.39 is 5.97 Å². The van der Waals surface area contributed by atoms with Gasteiger partial charge in [0.25, 0.3) is 0 Å². The third kappa shape index (κ3) is 40.0. The molecule has 0 fully saturated rings. The lowest BCUT2D eigenvalue weighted by molar-refractivity contribution is -0.137. The molecule has 0 aromatic rings. The summed E-state index contributed by atoms with van der Waals surface area (Å²) in [4.78, 5) is 44.9. The number of ketones is 1. The zero-order chi connectivity index (χ0) is 34.5. The van der Waals surface area contributed by atoms with Crippen molar-refractivity contribution in [1.29, 1.82) is 0 Å². The molecule has 0 heterocycles. The first kappa shape index (κ1) is 44.9. The molecule has 0 atom stereocenters. The van der Waals surface area contributed by atoms with Gasteiger partial charge in [0.05, 0.1) is 39.6 Å². The van der Waals surface area contributed by atoms with Gasteiger partial charge in [-0.2, -0.15) is 0 Å². The minimum Gasteiger partial charge on any atom is -0.481 e. The molecule has 276 valence electrons. The molecule has 0 saturated heterocycles. The Labute approximate surface area is 284 Å². The van der Waals surface area contributed by atoms with Crippen molar-refractivity contribution in [1.82, 2.24) is 16.0 Å². The van der Waals surface area contributed by atoms with Crippen LogP contribution in [-0.4, -0.2) is 108 Å². The fraction of sp³-hybridized carbons (Fsp3) is 0.886. The first-order chi connectivity index (χ1) is 22.9. The second-order valence-corrected chi connectivity index (χ2v) is 12.0. The highest BCUT2D eigenvalue weighted by Crippen LogP contribution is 2.13. The lowest BCUT2D eigenvalue weighted by Gasteiger charge is -2.09. The molecule has 0 rings (SSSR count). The van der Waals surface area contributed by atoms with Crippen LogP contribution in [0.25, 0.3) is 0 Å². The van der Waals surface area contributed by atoms with E-state index in [4.69, 9.17) is 24.1 Å². The highest BCUT2D eigenvalue weighted by atomic mass is 16.5. The topological polar surface area (TPSA) is 162 Å². The average molecular weight is 674 g/mol. The van der Waals surface area contributed by atoms with Gasteiger partial charge in [0, 0.05) is 32.5 Å². The molecule has 0 aliphatic carbocycles. The zero-order valence-corrected chi connectivity index (χ0v) is 29.4. The maximum absolute atomic E-state index is 12.0. The molecule has 0 bridgehead atoms. The summed E-state index contributed by atoms with van der Waals surface area (Å²) in [6.07, 6.45) is 19.5. The van der Waals surface area contributed by atoms with Gasteiger partial charge >= 0.3 is 5.97 Å². The number of carboxylic acids is 1. The van der Waals surface area contributed by atoms with Crippen LogP contribution in [0, 0.1) is 0 Å². The zero-order valence-electron chi connectivity index (χ0n) is 29.4. The van der Waals surface area contributed by atoms with Gasteiger partial charge in [0.1, 0.15) is 13.2 Å². The first-order valence-electron chi connectivity index (χ1n) is 18.2. The second kappa shape index (κ2) is 36.7. The number of amides is 2. The Morgan fingerprint density at radius 2 is 0.894 bits per heavy atom. The third-order valence-electron chi connectivity index (χ3n) is 7.42. The summed E-state index contributed by atoms with van der Waals surface area (Å²) in [5.41, 5.74) is 0. The predicted molar refractivity (Wildman–Crippen MR) is 184 cm³/mol. The Balaban J connectivity index is 3.23. The Morgan fingerprint density at radius 1 is 0.447 bits per heavy atom. The highest BCUT2D eigenvalue weighted by molar-refractivity contribution is 5.77. The number of unbranched alkanes of at least 4 members (excludes halogenated alkanes) is 14. The van der Waals surface area contributed by atoms with E-state index in [1.54, 1.807) is 0 Å². The number of aliphatic carboxylic acids is 1. The van der Waals surface area contributed by atoms with Gasteiger partial charge in [-0.05, 0) is 39.2 Å². The van der Waals surface area contributed by atoms with E-state index in [2.05, 4.69) is 16.0 Å². The van der Waals surface area contributed by atoms with Crippen LogP contribution in [0.4, 0.5) is 0 Å². The van der Waals surface area contributed by atoms with Gasteiger partial charge in [-0.25, -0.2) is 0 Å². The number of ether oxygens (including phenoxy) is 4. The molecule has 4 N–H and O–H groups in total. The van der Waals surface area contributed by atoms with Crippen LogP contribution < -0.4 is 16.0 Å². The van der Waals surface area contributed by atoms with Crippen molar-refractivity contribution in [3.63, 3.8) is 0 Å². The van der Waals surface area contributed by atoms with E-state index in [1.165, 1.54) is 64.7 Å². The van der Waals surface area contributed by atoms with E-state index in [0.29, 0.717) is 59.0 Å². The number of rotatable bonds is 38. The number of carbonyl (C=O) groups excluding carboxylic acids is 3. The maximum Gasteiger partial charge on any atom is 0.303 e. The predicted octanol–water partition coefficient (Wildman–Crippen LogP) is 4.57. The van der Waals surface area contributed by atoms with Gasteiger partial charge in [0.15, 0.2) is 5.78 Å². The molecule has 0 aliphatic rings. The number of nitrogens with one attached hydrogen (secondary N) is 3. The average Bonchev–Trinajstić information content (AvgIpc) is 3.04. The van der Waals surface area contributed by atoms with Gasteiger partial charge in [-0.15, -0.1) is 0 Å². The second-order valence-electron chi connectivity index (χ2n) is 12.0. The van der Waals surface area contributed by atoms with Crippen LogP contribution >= 0.6 is 0 Å². The summed E-state index contributed by atoms with van der Waals surface area (Å²) in [5, 5.41) is 17.7. The van der Waals surface area contributed by atoms with Crippen LogP contribution in [0.2, 0.25) is 0 Å². The minimum atomic E-state index is -0.683. The fourth-order valence-electron chi connectivity index (χ4n) is 4.78. The van der Waals surface area contributed by atoms with Crippen LogP contribution in [0.1, 0.15) is 122 Å². The van der Waals surface area contributed by atoms with Crippen molar-refractivity contribution in [2.24, 2.45) is 0 Å². The molecule has 2 amide bonds. The summed E-state index contributed by atoms with van der Waals surface area (Å²) in [6, 6.07) is 0. The van der Waals surface area contributed by atoms with E-state index in [1.807, 2.05) is 0 Å². The molecule has 0 aromatic heterocycles. The number of hydrogen-bond acceptors (Lipinski definition) is 9. The number of Topliss-reactive ketones (excluding diaryl/α,β-unsaturated/α-hetero) is 1. The monoisotopic (exact) mass is 673 g/mol. The quantitative estimate of drug-likeness (QED) is 0.0684. The smallest absolute Gasteiger partial charge is 0.303 e. The molecule has 0 spiro atoms. The Kier molecular flexibility index (Phi) is 35.1. The van der Waals surface area contributed by atoms with E-state index in [-0.39, 0.29) is 30.8 Å². The Bertz CT molecular complexity index is 756. The van der Waals surface area contributed by atoms with Crippen molar-refractivity contribution >= 4 is 23.6 Å². The van der Waals surface area contributed by atoms with Gasteiger partial charge in [-0.3, -0.25) is 19.2 Å².